The largest absolute Gasteiger partial charge is 0.392 e. The van der Waals surface area contributed by atoms with Gasteiger partial charge in [-0.15, -0.1) is 0 Å². The van der Waals surface area contributed by atoms with Crippen LogP contribution >= 0.6 is 0 Å². The van der Waals surface area contributed by atoms with Gasteiger partial charge in [-0.25, -0.2) is 8.42 Å². The van der Waals surface area contributed by atoms with Crippen LogP contribution in [0, 0.1) is 6.92 Å². The third-order valence-electron chi connectivity index (χ3n) is 3.49. The lowest BCUT2D eigenvalue weighted by atomic mass is 10.2. The highest BCUT2D eigenvalue weighted by atomic mass is 32.2. The zero-order chi connectivity index (χ0) is 14.8. The number of aliphatic hydroxyl groups is 1. The Kier molecular flexibility index (Phi) is 4.80. The Hall–Kier alpha value is -0.950. The number of hydrogen-bond acceptors (Lipinski definition) is 4. The molecular weight excluding hydrogens is 278 g/mol. The molecule has 5 nitrogen and oxygen atoms in total. The molecular formula is C14H21NO4S. The van der Waals surface area contributed by atoms with Gasteiger partial charge in [-0.2, -0.15) is 4.31 Å². The van der Waals surface area contributed by atoms with Crippen LogP contribution in [0.15, 0.2) is 23.1 Å². The van der Waals surface area contributed by atoms with Crippen LogP contribution in [0.2, 0.25) is 0 Å². The summed E-state index contributed by atoms with van der Waals surface area (Å²) in [5.74, 6) is 0. The summed E-state index contributed by atoms with van der Waals surface area (Å²) in [4.78, 5) is 0.284. The van der Waals surface area contributed by atoms with Crippen molar-refractivity contribution in [3.05, 3.63) is 29.3 Å². The topological polar surface area (TPSA) is 66.8 Å². The molecule has 0 spiro atoms. The summed E-state index contributed by atoms with van der Waals surface area (Å²) in [5.41, 5.74) is 1.31. The van der Waals surface area contributed by atoms with Crippen molar-refractivity contribution in [2.75, 3.05) is 20.3 Å². The first-order chi connectivity index (χ1) is 9.50. The van der Waals surface area contributed by atoms with Crippen LogP contribution in [-0.4, -0.2) is 44.1 Å². The minimum absolute atomic E-state index is 0.0901. The van der Waals surface area contributed by atoms with Crippen molar-refractivity contribution < 1.29 is 18.3 Å². The maximum atomic E-state index is 12.8. The van der Waals surface area contributed by atoms with E-state index >= 15 is 0 Å². The van der Waals surface area contributed by atoms with Crippen molar-refractivity contribution in [3.63, 3.8) is 0 Å². The van der Waals surface area contributed by atoms with Gasteiger partial charge >= 0.3 is 0 Å². The fraction of sp³-hybridized carbons (Fsp3) is 0.571. The van der Waals surface area contributed by atoms with Gasteiger partial charge in [-0.1, -0.05) is 12.1 Å². The van der Waals surface area contributed by atoms with E-state index in [-0.39, 0.29) is 17.5 Å². The van der Waals surface area contributed by atoms with Crippen LogP contribution in [-0.2, 0) is 21.4 Å². The molecule has 0 amide bonds. The number of aryl methyl sites for hydroxylation is 1. The Balaban J connectivity index is 2.36. The van der Waals surface area contributed by atoms with E-state index in [1.54, 1.807) is 32.2 Å². The molecule has 0 heterocycles. The van der Waals surface area contributed by atoms with E-state index in [9.17, 15) is 13.5 Å². The van der Waals surface area contributed by atoms with E-state index in [1.165, 1.54) is 4.31 Å². The number of aliphatic hydroxyl groups excluding tert-OH is 1. The molecule has 1 aromatic carbocycles. The van der Waals surface area contributed by atoms with Crippen molar-refractivity contribution >= 4 is 10.0 Å². The van der Waals surface area contributed by atoms with Crippen molar-refractivity contribution in [1.82, 2.24) is 4.31 Å². The minimum atomic E-state index is -3.53. The number of sulfonamides is 1. The maximum Gasteiger partial charge on any atom is 0.243 e. The van der Waals surface area contributed by atoms with Crippen LogP contribution in [0.5, 0.6) is 0 Å². The normalized spacial score (nSPS) is 15.8. The van der Waals surface area contributed by atoms with Crippen LogP contribution in [0.25, 0.3) is 0 Å². The lowest BCUT2D eigenvalue weighted by Crippen LogP contribution is -2.36. The Morgan fingerprint density at radius 2 is 2.10 bits per heavy atom. The summed E-state index contributed by atoms with van der Waals surface area (Å²) in [6.45, 7) is 2.36. The summed E-state index contributed by atoms with van der Waals surface area (Å²) < 4.78 is 32.1. The molecule has 0 aromatic heterocycles. The highest BCUT2D eigenvalue weighted by molar-refractivity contribution is 7.89. The lowest BCUT2D eigenvalue weighted by molar-refractivity contribution is 0.177. The van der Waals surface area contributed by atoms with Crippen LogP contribution in [0.4, 0.5) is 0 Å². The standard InChI is InChI=1S/C14H21NO4S/c1-11-3-4-12(10-16)9-14(11)20(17,18)15(7-8-19-2)13-5-6-13/h3-4,9,13,16H,5-8,10H2,1-2H3. The zero-order valence-electron chi connectivity index (χ0n) is 11.9. The van der Waals surface area contributed by atoms with Gasteiger partial charge < -0.3 is 9.84 Å². The molecule has 0 radical (unpaired) electrons. The molecule has 0 saturated heterocycles. The highest BCUT2D eigenvalue weighted by Gasteiger charge is 2.38. The minimum Gasteiger partial charge on any atom is -0.392 e. The van der Waals surface area contributed by atoms with Gasteiger partial charge in [0.1, 0.15) is 0 Å². The monoisotopic (exact) mass is 299 g/mol. The van der Waals surface area contributed by atoms with Gasteiger partial charge in [-0.05, 0) is 37.0 Å². The molecule has 1 N–H and O–H groups in total. The lowest BCUT2D eigenvalue weighted by Gasteiger charge is -2.22. The summed E-state index contributed by atoms with van der Waals surface area (Å²) in [5, 5.41) is 9.19. The van der Waals surface area contributed by atoms with E-state index in [0.717, 1.165) is 12.8 Å². The molecule has 6 heteroatoms. The average molecular weight is 299 g/mol. The SMILES string of the molecule is COCCN(C1CC1)S(=O)(=O)c1cc(CO)ccc1C. The molecule has 0 bridgehead atoms. The van der Waals surface area contributed by atoms with Crippen molar-refractivity contribution in [1.29, 1.82) is 0 Å². The van der Waals surface area contributed by atoms with E-state index in [2.05, 4.69) is 0 Å². The quantitative estimate of drug-likeness (QED) is 0.824. The summed E-state index contributed by atoms with van der Waals surface area (Å²) in [7, 11) is -1.97. The number of rotatable bonds is 7. The third-order valence-corrected chi connectivity index (χ3v) is 5.59. The third kappa shape index (κ3) is 3.20. The van der Waals surface area contributed by atoms with Crippen LogP contribution in [0.3, 0.4) is 0 Å². The second-order valence-corrected chi connectivity index (χ2v) is 6.96. The predicted octanol–water partition coefficient (Wildman–Crippen LogP) is 1.29. The van der Waals surface area contributed by atoms with Crippen molar-refractivity contribution in [2.24, 2.45) is 0 Å². The average Bonchev–Trinajstić information content (AvgIpc) is 3.24. The van der Waals surface area contributed by atoms with E-state index < -0.39 is 10.0 Å². The van der Waals surface area contributed by atoms with Gasteiger partial charge in [0.15, 0.2) is 0 Å². The number of methoxy groups -OCH3 is 1. The second kappa shape index (κ2) is 6.22. The smallest absolute Gasteiger partial charge is 0.243 e. The Labute approximate surface area is 120 Å². The van der Waals surface area contributed by atoms with Crippen LogP contribution < -0.4 is 0 Å². The van der Waals surface area contributed by atoms with E-state index in [4.69, 9.17) is 4.74 Å². The first kappa shape index (κ1) is 15.4. The first-order valence-electron chi connectivity index (χ1n) is 6.72. The molecule has 1 saturated carbocycles. The van der Waals surface area contributed by atoms with Gasteiger partial charge in [-0.3, -0.25) is 0 Å². The van der Waals surface area contributed by atoms with E-state index in [1.807, 2.05) is 0 Å². The molecule has 1 aliphatic carbocycles. The number of nitrogens with zero attached hydrogens (tertiary/aromatic N) is 1. The van der Waals surface area contributed by atoms with E-state index in [0.29, 0.717) is 24.3 Å². The molecule has 0 unspecified atom stereocenters. The highest BCUT2D eigenvalue weighted by Crippen LogP contribution is 2.33. The molecule has 20 heavy (non-hydrogen) atoms. The molecule has 1 fully saturated rings. The molecule has 1 aromatic rings. The molecule has 112 valence electrons. The summed E-state index contributed by atoms with van der Waals surface area (Å²) >= 11 is 0. The molecule has 2 rings (SSSR count). The predicted molar refractivity (Wildman–Crippen MR) is 75.9 cm³/mol. The Bertz CT molecular complexity index is 567. The fourth-order valence-corrected chi connectivity index (χ4v) is 4.14. The fourth-order valence-electron chi connectivity index (χ4n) is 2.19. The van der Waals surface area contributed by atoms with Crippen molar-refractivity contribution in [2.45, 2.75) is 37.3 Å². The summed E-state index contributed by atoms with van der Waals surface area (Å²) in [6, 6.07) is 5.13. The van der Waals surface area contributed by atoms with Gasteiger partial charge in [0.05, 0.1) is 18.1 Å². The van der Waals surface area contributed by atoms with Crippen LogP contribution in [0.1, 0.15) is 24.0 Å². The first-order valence-corrected chi connectivity index (χ1v) is 8.16. The van der Waals surface area contributed by atoms with Gasteiger partial charge in [0.2, 0.25) is 10.0 Å². The maximum absolute atomic E-state index is 12.8. The molecule has 1 aliphatic rings. The summed E-state index contributed by atoms with van der Waals surface area (Å²) in [6.07, 6.45) is 1.81. The number of benzene rings is 1. The zero-order valence-corrected chi connectivity index (χ0v) is 12.7. The second-order valence-electron chi connectivity index (χ2n) is 5.10. The Morgan fingerprint density at radius 1 is 1.40 bits per heavy atom. The number of hydrogen-bond donors (Lipinski definition) is 1. The molecule has 0 aliphatic heterocycles. The van der Waals surface area contributed by atoms with Crippen molar-refractivity contribution in [3.8, 4) is 0 Å². The Morgan fingerprint density at radius 3 is 2.65 bits per heavy atom. The van der Waals surface area contributed by atoms with Gasteiger partial charge in [0.25, 0.3) is 0 Å². The van der Waals surface area contributed by atoms with Gasteiger partial charge in [0, 0.05) is 19.7 Å². The molecule has 0 atom stereocenters. The number of ether oxygens (including phenoxy) is 1.